The van der Waals surface area contributed by atoms with E-state index in [1.807, 2.05) is 48.7 Å². The van der Waals surface area contributed by atoms with Gasteiger partial charge in [-0.05, 0) is 90.4 Å². The van der Waals surface area contributed by atoms with Crippen molar-refractivity contribution in [2.45, 2.75) is 79.6 Å². The number of hydrogen-bond donors (Lipinski definition) is 0. The van der Waals surface area contributed by atoms with Gasteiger partial charge in [-0.2, -0.15) is 18.2 Å². The maximum absolute atomic E-state index is 9.08. The van der Waals surface area contributed by atoms with Crippen LogP contribution < -0.4 is 9.30 Å². The van der Waals surface area contributed by atoms with Crippen LogP contribution in [0.15, 0.2) is 188 Å². The van der Waals surface area contributed by atoms with Crippen LogP contribution in [-0.4, -0.2) is 14.1 Å². The van der Waals surface area contributed by atoms with Crippen molar-refractivity contribution in [3.05, 3.63) is 223 Å². The number of imidazole rings is 1. The van der Waals surface area contributed by atoms with Crippen molar-refractivity contribution in [2.75, 3.05) is 0 Å². The monoisotopic (exact) mass is 1140 g/mol. The Labute approximate surface area is 459 Å². The van der Waals surface area contributed by atoms with Gasteiger partial charge < -0.3 is 13.9 Å². The SMILES string of the molecule is [2H]c1c([2H])c([2H])c(-c2cccc(-c3c([2H])c([2H])c([2H])c([2H])c3[2H])c2-[n+]2[c-]n(-c3[c-]c(Oc4[c-]c5c(cc4)c4cc(C(C)(C)C)ccc4n5-c4cc(CC(C)(C)C)c(-c5ccc(C(C)(C)C)cc5)cn4)ccc3)c3ccccc32)c([2H])c1[2H].[Pt]. The molecule has 0 N–H and O–H groups in total. The fourth-order valence-electron chi connectivity index (χ4n) is 9.53. The van der Waals surface area contributed by atoms with E-state index in [0.717, 1.165) is 45.2 Å². The van der Waals surface area contributed by atoms with E-state index in [1.54, 1.807) is 33.4 Å². The molecular formula is C67H60N4OPt-2. The number of fused-ring (bicyclic) bond motifs is 4. The number of nitrogens with zero attached hydrogens (tertiary/aromatic N) is 4. The number of hydrogen-bond acceptors (Lipinski definition) is 2. The molecule has 0 aliphatic heterocycles. The summed E-state index contributed by atoms with van der Waals surface area (Å²) < 4.78 is 99.8. The van der Waals surface area contributed by atoms with Crippen molar-refractivity contribution in [1.29, 1.82) is 0 Å². The van der Waals surface area contributed by atoms with Crippen molar-refractivity contribution in [3.63, 3.8) is 0 Å². The smallest absolute Gasteiger partial charge is 0.268 e. The molecule has 0 unspecified atom stereocenters. The Hall–Kier alpha value is -7.33. The van der Waals surface area contributed by atoms with Crippen LogP contribution in [0.1, 0.15) is 92.7 Å². The second kappa shape index (κ2) is 19.3. The second-order valence-electron chi connectivity index (χ2n) is 21.6. The Kier molecular flexibility index (Phi) is 10.1. The van der Waals surface area contributed by atoms with Crippen molar-refractivity contribution >= 4 is 32.8 Å². The summed E-state index contributed by atoms with van der Waals surface area (Å²) in [6.07, 6.45) is 6.25. The number of pyridine rings is 1. The van der Waals surface area contributed by atoms with Crippen LogP contribution in [0.3, 0.4) is 0 Å². The average molecular weight is 1140 g/mol. The Bertz CT molecular complexity index is 4270. The number of para-hydroxylation sites is 3. The maximum Gasteiger partial charge on any atom is 0.268 e. The topological polar surface area (TPSA) is 35.9 Å². The zero-order valence-corrected chi connectivity index (χ0v) is 44.6. The summed E-state index contributed by atoms with van der Waals surface area (Å²) >= 11 is 0. The Morgan fingerprint density at radius 3 is 1.86 bits per heavy atom. The Morgan fingerprint density at radius 2 is 1.21 bits per heavy atom. The molecule has 8 aromatic carbocycles. The van der Waals surface area contributed by atoms with E-state index in [4.69, 9.17) is 23.4 Å². The van der Waals surface area contributed by atoms with Crippen LogP contribution in [0.4, 0.5) is 0 Å². The van der Waals surface area contributed by atoms with Crippen LogP contribution >= 0.6 is 0 Å². The van der Waals surface area contributed by atoms with Gasteiger partial charge in [-0.15, -0.1) is 29.7 Å². The van der Waals surface area contributed by atoms with Gasteiger partial charge in [0.15, 0.2) is 0 Å². The van der Waals surface area contributed by atoms with Crippen molar-refractivity contribution in [2.24, 2.45) is 5.41 Å². The molecule has 11 rings (SSSR count). The van der Waals surface area contributed by atoms with Gasteiger partial charge in [0.1, 0.15) is 5.82 Å². The van der Waals surface area contributed by atoms with Gasteiger partial charge in [-0.3, -0.25) is 4.57 Å². The van der Waals surface area contributed by atoms with Gasteiger partial charge in [0.05, 0.1) is 30.4 Å². The molecule has 0 fully saturated rings. The third-order valence-corrected chi connectivity index (χ3v) is 13.1. The van der Waals surface area contributed by atoms with E-state index >= 15 is 0 Å². The van der Waals surface area contributed by atoms with Gasteiger partial charge >= 0.3 is 0 Å². The zero-order valence-electron chi connectivity index (χ0n) is 52.3. The summed E-state index contributed by atoms with van der Waals surface area (Å²) in [5.41, 5.74) is 9.29. The predicted molar refractivity (Wildman–Crippen MR) is 297 cm³/mol. The quantitative estimate of drug-likeness (QED) is 0.107. The van der Waals surface area contributed by atoms with Crippen molar-refractivity contribution in [1.82, 2.24) is 14.1 Å². The van der Waals surface area contributed by atoms with Crippen LogP contribution in [0.25, 0.3) is 83.4 Å². The van der Waals surface area contributed by atoms with Crippen molar-refractivity contribution in [3.8, 4) is 62.1 Å². The minimum Gasteiger partial charge on any atom is -0.510 e. The fraction of sp³-hybridized carbons (Fsp3) is 0.194. The summed E-state index contributed by atoms with van der Waals surface area (Å²) in [7, 11) is 0. The molecule has 5 nitrogen and oxygen atoms in total. The van der Waals surface area contributed by atoms with Crippen LogP contribution in [-0.2, 0) is 38.3 Å². The van der Waals surface area contributed by atoms with Crippen LogP contribution in [0.2, 0.25) is 0 Å². The number of rotatable bonds is 9. The molecule has 0 radical (unpaired) electrons. The van der Waals surface area contributed by atoms with Crippen LogP contribution in [0.5, 0.6) is 11.5 Å². The van der Waals surface area contributed by atoms with Gasteiger partial charge in [0.25, 0.3) is 6.33 Å². The molecule has 0 amide bonds. The standard InChI is InChI=1S/C67H60N4O.Pt/c1-65(2,3)42-48-38-63(68-43-58(48)47-30-32-49(33-31-47)66(4,5)6)71-59-37-34-50(67(7,8)9)39-57(59)56-36-35-53(41-62(56)71)72-52-25-18-24-51(40-52)69-44-70(61-29-17-16-28-60(61)69)64-54(45-20-12-10-13-21-45)26-19-27-55(64)46-22-14-11-15-23-46;/h10-39,43H,42H2,1-9H3;/q-2;/i10D,11D,12D,13D,14D,15D,20D,21D,22D,23D;. The molecule has 0 spiro atoms. The molecule has 11 aromatic rings. The first-order chi connectivity index (χ1) is 38.7. The Balaban J connectivity index is 0.00000769. The predicted octanol–water partition coefficient (Wildman–Crippen LogP) is 16.8. The summed E-state index contributed by atoms with van der Waals surface area (Å²) in [6.45, 7) is 20.1. The summed E-state index contributed by atoms with van der Waals surface area (Å²) in [6, 6.07) is 41.0. The molecule has 0 atom stereocenters. The molecule has 0 saturated heterocycles. The largest absolute Gasteiger partial charge is 0.510 e. The van der Waals surface area contributed by atoms with E-state index in [9.17, 15) is 0 Å². The molecule has 3 heterocycles. The zero-order chi connectivity index (χ0) is 58.6. The summed E-state index contributed by atoms with van der Waals surface area (Å²) in [5.74, 6) is 1.54. The molecule has 6 heteroatoms. The van der Waals surface area contributed by atoms with E-state index in [0.29, 0.717) is 28.2 Å². The van der Waals surface area contributed by atoms with E-state index in [1.165, 1.54) is 16.7 Å². The molecule has 366 valence electrons. The molecule has 3 aromatic heterocycles. The number of ether oxygens (including phenoxy) is 1. The average Bonchev–Trinajstić information content (AvgIpc) is 3.29. The van der Waals surface area contributed by atoms with E-state index < -0.39 is 60.4 Å². The van der Waals surface area contributed by atoms with Gasteiger partial charge in [-0.25, -0.2) is 4.98 Å². The fourth-order valence-corrected chi connectivity index (χ4v) is 9.53. The minimum absolute atomic E-state index is 0. The summed E-state index contributed by atoms with van der Waals surface area (Å²) in [4.78, 5) is 5.22. The van der Waals surface area contributed by atoms with E-state index in [-0.39, 0.29) is 65.3 Å². The summed E-state index contributed by atoms with van der Waals surface area (Å²) in [5, 5.41) is 2.04. The van der Waals surface area contributed by atoms with Crippen molar-refractivity contribution < 1.29 is 44.1 Å². The number of benzene rings is 8. The van der Waals surface area contributed by atoms with E-state index in [2.05, 4.69) is 140 Å². The first kappa shape index (κ1) is 38.3. The van der Waals surface area contributed by atoms with Gasteiger partial charge in [0.2, 0.25) is 0 Å². The third-order valence-electron chi connectivity index (χ3n) is 13.1. The maximum atomic E-state index is 9.08. The molecule has 0 bridgehead atoms. The van der Waals surface area contributed by atoms with Crippen LogP contribution in [0, 0.1) is 23.9 Å². The number of aromatic nitrogens is 4. The minimum atomic E-state index is -0.573. The molecule has 0 aliphatic carbocycles. The molecule has 0 saturated carbocycles. The molecular weight excluding hydrogens is 1070 g/mol. The first-order valence-electron chi connectivity index (χ1n) is 29.3. The second-order valence-corrected chi connectivity index (χ2v) is 21.6. The molecule has 73 heavy (non-hydrogen) atoms. The first-order valence-corrected chi connectivity index (χ1v) is 24.3. The van der Waals surface area contributed by atoms with Gasteiger partial charge in [-0.1, -0.05) is 207 Å². The Morgan fingerprint density at radius 1 is 0.575 bits per heavy atom. The van der Waals surface area contributed by atoms with Gasteiger partial charge in [0, 0.05) is 49.8 Å². The molecule has 0 aliphatic rings. The third kappa shape index (κ3) is 9.72. The normalized spacial score (nSPS) is 14.0.